The number of benzene rings is 1. The molecule has 0 fully saturated rings. The van der Waals surface area contributed by atoms with E-state index in [1.165, 1.54) is 0 Å². The molecule has 0 spiro atoms. The summed E-state index contributed by atoms with van der Waals surface area (Å²) in [6.07, 6.45) is 5.21. The quantitative estimate of drug-likeness (QED) is 0.800. The van der Waals surface area contributed by atoms with Crippen LogP contribution in [0.25, 0.3) is 11.3 Å². The van der Waals surface area contributed by atoms with E-state index in [9.17, 15) is 4.79 Å². The molecule has 120 valence electrons. The molecule has 1 N–H and O–H groups in total. The maximum absolute atomic E-state index is 12.3. The van der Waals surface area contributed by atoms with Gasteiger partial charge in [0.25, 0.3) is 0 Å². The van der Waals surface area contributed by atoms with Crippen LogP contribution in [0.3, 0.4) is 0 Å². The Morgan fingerprint density at radius 2 is 2.12 bits per heavy atom. The van der Waals surface area contributed by atoms with Crippen LogP contribution in [0.1, 0.15) is 11.1 Å². The Bertz CT molecular complexity index is 874. The summed E-state index contributed by atoms with van der Waals surface area (Å²) in [5.74, 6) is 0.733. The van der Waals surface area contributed by atoms with Gasteiger partial charge >= 0.3 is 0 Å². The summed E-state index contributed by atoms with van der Waals surface area (Å²) < 4.78 is 7.44. The molecule has 1 amide bonds. The van der Waals surface area contributed by atoms with E-state index in [-0.39, 0.29) is 12.5 Å². The Kier molecular flexibility index (Phi) is 3.70. The monoisotopic (exact) mass is 320 g/mol. The number of hydrogen-bond acceptors (Lipinski definition) is 4. The molecule has 3 heterocycles. The molecular formula is C18H16N4O2. The lowest BCUT2D eigenvalue weighted by Gasteiger charge is -2.19. The van der Waals surface area contributed by atoms with E-state index in [1.54, 1.807) is 23.3 Å². The second kappa shape index (κ2) is 6.16. The first-order valence-corrected chi connectivity index (χ1v) is 7.74. The summed E-state index contributed by atoms with van der Waals surface area (Å²) in [5.41, 5.74) is 3.88. The SMILES string of the molecule is O=C(Cn1ncc2c1-c1ccccc1OC2)NCc1cccnc1. The van der Waals surface area contributed by atoms with E-state index in [2.05, 4.69) is 15.4 Å². The highest BCUT2D eigenvalue weighted by atomic mass is 16.5. The van der Waals surface area contributed by atoms with E-state index >= 15 is 0 Å². The van der Waals surface area contributed by atoms with Gasteiger partial charge in [0, 0.05) is 30.1 Å². The minimum Gasteiger partial charge on any atom is -0.488 e. The normalized spacial score (nSPS) is 12.0. The van der Waals surface area contributed by atoms with Gasteiger partial charge in [-0.3, -0.25) is 14.5 Å². The van der Waals surface area contributed by atoms with Crippen molar-refractivity contribution in [3.05, 3.63) is 66.1 Å². The Morgan fingerprint density at radius 3 is 3.00 bits per heavy atom. The van der Waals surface area contributed by atoms with Crippen LogP contribution in [0.4, 0.5) is 0 Å². The second-order valence-electron chi connectivity index (χ2n) is 5.60. The highest BCUT2D eigenvalue weighted by molar-refractivity contribution is 5.78. The lowest BCUT2D eigenvalue weighted by molar-refractivity contribution is -0.122. The van der Waals surface area contributed by atoms with E-state index in [0.717, 1.165) is 28.1 Å². The molecule has 6 heteroatoms. The molecule has 1 aliphatic rings. The molecule has 3 aromatic rings. The van der Waals surface area contributed by atoms with Gasteiger partial charge in [0.1, 0.15) is 18.9 Å². The van der Waals surface area contributed by atoms with E-state index < -0.39 is 0 Å². The summed E-state index contributed by atoms with van der Waals surface area (Å²) >= 11 is 0. The fraction of sp³-hybridized carbons (Fsp3) is 0.167. The van der Waals surface area contributed by atoms with Gasteiger partial charge in [0.15, 0.2) is 0 Å². The zero-order valence-electron chi connectivity index (χ0n) is 13.0. The molecule has 6 nitrogen and oxygen atoms in total. The molecule has 0 unspecified atom stereocenters. The second-order valence-corrected chi connectivity index (χ2v) is 5.60. The zero-order chi connectivity index (χ0) is 16.4. The number of hydrogen-bond donors (Lipinski definition) is 1. The van der Waals surface area contributed by atoms with Crippen molar-refractivity contribution >= 4 is 5.91 Å². The number of rotatable bonds is 4. The number of carbonyl (C=O) groups excluding carboxylic acids is 1. The van der Waals surface area contributed by atoms with E-state index in [4.69, 9.17) is 4.74 Å². The third-order valence-corrected chi connectivity index (χ3v) is 3.95. The first-order valence-electron chi connectivity index (χ1n) is 7.74. The molecule has 0 aliphatic carbocycles. The van der Waals surface area contributed by atoms with Crippen molar-refractivity contribution in [1.82, 2.24) is 20.1 Å². The number of nitrogens with zero attached hydrogens (tertiary/aromatic N) is 3. The number of para-hydroxylation sites is 1. The maximum atomic E-state index is 12.3. The Morgan fingerprint density at radius 1 is 1.21 bits per heavy atom. The topological polar surface area (TPSA) is 69.0 Å². The predicted molar refractivity (Wildman–Crippen MR) is 88.1 cm³/mol. The van der Waals surface area contributed by atoms with Gasteiger partial charge in [-0.2, -0.15) is 5.10 Å². The van der Waals surface area contributed by atoms with Crippen molar-refractivity contribution in [3.8, 4) is 17.0 Å². The van der Waals surface area contributed by atoms with E-state index in [0.29, 0.717) is 13.2 Å². The fourth-order valence-corrected chi connectivity index (χ4v) is 2.80. The summed E-state index contributed by atoms with van der Waals surface area (Å²) in [6.45, 7) is 1.10. The smallest absolute Gasteiger partial charge is 0.242 e. The summed E-state index contributed by atoms with van der Waals surface area (Å²) in [7, 11) is 0. The van der Waals surface area contributed by atoms with Crippen molar-refractivity contribution in [2.24, 2.45) is 0 Å². The third-order valence-electron chi connectivity index (χ3n) is 3.95. The van der Waals surface area contributed by atoms with Gasteiger partial charge in [-0.05, 0) is 23.8 Å². The molecule has 0 radical (unpaired) electrons. The number of nitrogens with one attached hydrogen (secondary N) is 1. The molecule has 2 aromatic heterocycles. The first kappa shape index (κ1) is 14.4. The van der Waals surface area contributed by atoms with Crippen LogP contribution in [0.5, 0.6) is 5.75 Å². The summed E-state index contributed by atoms with van der Waals surface area (Å²) in [4.78, 5) is 16.3. The largest absolute Gasteiger partial charge is 0.488 e. The predicted octanol–water partition coefficient (Wildman–Crippen LogP) is 2.15. The maximum Gasteiger partial charge on any atom is 0.242 e. The molecule has 0 bridgehead atoms. The van der Waals surface area contributed by atoms with Crippen LogP contribution in [0.2, 0.25) is 0 Å². The Labute approximate surface area is 139 Å². The fourth-order valence-electron chi connectivity index (χ4n) is 2.80. The zero-order valence-corrected chi connectivity index (χ0v) is 13.0. The molecule has 1 aliphatic heterocycles. The highest BCUT2D eigenvalue weighted by Gasteiger charge is 2.22. The number of aromatic nitrogens is 3. The molecule has 24 heavy (non-hydrogen) atoms. The van der Waals surface area contributed by atoms with Crippen LogP contribution < -0.4 is 10.1 Å². The minimum absolute atomic E-state index is 0.0891. The van der Waals surface area contributed by atoms with Crippen LogP contribution >= 0.6 is 0 Å². The van der Waals surface area contributed by atoms with Gasteiger partial charge in [-0.1, -0.05) is 18.2 Å². The standard InChI is InChI=1S/C18H16N4O2/c23-17(20-9-13-4-3-7-19-8-13)11-22-18-14(10-21-22)12-24-16-6-2-1-5-15(16)18/h1-8,10H,9,11-12H2,(H,20,23). The Hall–Kier alpha value is -3.15. The molecular weight excluding hydrogens is 304 g/mol. The van der Waals surface area contributed by atoms with Gasteiger partial charge in [0.05, 0.1) is 11.9 Å². The van der Waals surface area contributed by atoms with Crippen molar-refractivity contribution in [2.45, 2.75) is 19.7 Å². The van der Waals surface area contributed by atoms with Crippen LogP contribution in [0, 0.1) is 0 Å². The lowest BCUT2D eigenvalue weighted by atomic mass is 10.0. The average molecular weight is 320 g/mol. The van der Waals surface area contributed by atoms with Crippen LogP contribution in [0.15, 0.2) is 55.0 Å². The first-order chi connectivity index (χ1) is 11.8. The molecule has 0 saturated heterocycles. The molecule has 0 saturated carbocycles. The van der Waals surface area contributed by atoms with Crippen molar-refractivity contribution in [1.29, 1.82) is 0 Å². The van der Waals surface area contributed by atoms with Crippen LogP contribution in [-0.4, -0.2) is 20.7 Å². The molecule has 4 rings (SSSR count). The number of pyridine rings is 1. The summed E-state index contributed by atoms with van der Waals surface area (Å²) in [6, 6.07) is 11.6. The van der Waals surface area contributed by atoms with Crippen molar-refractivity contribution in [2.75, 3.05) is 0 Å². The lowest BCUT2D eigenvalue weighted by Crippen LogP contribution is -2.28. The summed E-state index contributed by atoms with van der Waals surface area (Å²) in [5, 5.41) is 7.25. The molecule has 1 aromatic carbocycles. The third kappa shape index (κ3) is 2.74. The minimum atomic E-state index is -0.0891. The Balaban J connectivity index is 1.51. The number of fused-ring (bicyclic) bond motifs is 3. The molecule has 0 atom stereocenters. The van der Waals surface area contributed by atoms with Crippen LogP contribution in [-0.2, 0) is 24.5 Å². The highest BCUT2D eigenvalue weighted by Crippen LogP contribution is 2.36. The number of ether oxygens (including phenoxy) is 1. The van der Waals surface area contributed by atoms with E-state index in [1.807, 2.05) is 36.4 Å². The van der Waals surface area contributed by atoms with Gasteiger partial charge in [-0.25, -0.2) is 0 Å². The van der Waals surface area contributed by atoms with Crippen molar-refractivity contribution < 1.29 is 9.53 Å². The van der Waals surface area contributed by atoms with Gasteiger partial charge in [0.2, 0.25) is 5.91 Å². The van der Waals surface area contributed by atoms with Crippen molar-refractivity contribution in [3.63, 3.8) is 0 Å². The number of carbonyl (C=O) groups is 1. The number of amides is 1. The van der Waals surface area contributed by atoms with Gasteiger partial charge in [-0.15, -0.1) is 0 Å². The average Bonchev–Trinajstić information content (AvgIpc) is 3.04. The van der Waals surface area contributed by atoms with Gasteiger partial charge < -0.3 is 10.1 Å².